The van der Waals surface area contributed by atoms with Gasteiger partial charge in [0.15, 0.2) is 11.2 Å². The maximum absolute atomic E-state index is 7.60. The molecule has 32 rings (SSSR count). The predicted molar refractivity (Wildman–Crippen MR) is 611 cm³/mol. The van der Waals surface area contributed by atoms with Gasteiger partial charge in [-0.05, 0) is 293 Å². The third-order valence-electron chi connectivity index (χ3n) is 34.0. The first-order valence-corrected chi connectivity index (χ1v) is 51.6. The maximum atomic E-state index is 7.60. The van der Waals surface area contributed by atoms with Crippen LogP contribution in [-0.2, 0) is 21.7 Å². The summed E-state index contributed by atoms with van der Waals surface area (Å²) < 4.78 is 19.7. The molecule has 2 aliphatic heterocycles. The van der Waals surface area contributed by atoms with Crippen LogP contribution in [0.1, 0.15) is 94.5 Å². The van der Waals surface area contributed by atoms with Gasteiger partial charge in [-0.25, -0.2) is 0 Å². The Morgan fingerprint density at radius 1 is 0.189 bits per heavy atom. The maximum Gasteiger partial charge on any atom is 0.159 e. The number of furan rings is 2. The molecule has 4 aliphatic carbocycles. The second kappa shape index (κ2) is 30.4. The van der Waals surface area contributed by atoms with E-state index in [1.54, 1.807) is 0 Å². The molecule has 22 aromatic carbocycles. The van der Waals surface area contributed by atoms with Gasteiger partial charge in [0.05, 0.1) is 61.3 Å². The molecule has 2 spiro atoms. The number of para-hydroxylation sites is 12. The summed E-state index contributed by atoms with van der Waals surface area (Å²) in [5.74, 6) is 0. The monoisotopic (exact) mass is 1890 g/mol. The van der Waals surface area contributed by atoms with Gasteiger partial charge < -0.3 is 37.6 Å². The van der Waals surface area contributed by atoms with Crippen molar-refractivity contribution in [3.8, 4) is 67.0 Å². The van der Waals surface area contributed by atoms with Crippen LogP contribution in [0, 0.1) is 0 Å². The van der Waals surface area contributed by atoms with Crippen LogP contribution >= 0.6 is 0 Å². The Bertz CT molecular complexity index is 10200. The zero-order valence-electron chi connectivity index (χ0n) is 81.7. The third-order valence-corrected chi connectivity index (χ3v) is 34.0. The van der Waals surface area contributed by atoms with E-state index in [1.165, 1.54) is 150 Å². The summed E-state index contributed by atoms with van der Waals surface area (Å²) >= 11 is 0. The van der Waals surface area contributed by atoms with Gasteiger partial charge in [-0.2, -0.15) is 0 Å². The summed E-state index contributed by atoms with van der Waals surface area (Å²) in [7, 11) is 0. The largest absolute Gasteiger partial charge is 0.454 e. The van der Waals surface area contributed by atoms with Crippen molar-refractivity contribution in [2.24, 2.45) is 0 Å². The Balaban J connectivity index is 0.524. The van der Waals surface area contributed by atoms with E-state index in [2.05, 4.69) is 542 Å². The van der Waals surface area contributed by atoms with Crippen LogP contribution in [0.15, 0.2) is 494 Å². The van der Waals surface area contributed by atoms with E-state index in [9.17, 15) is 0 Å². The fourth-order valence-electron chi connectivity index (χ4n) is 27.8. The Kier molecular flexibility index (Phi) is 17.0. The standard InChI is InChI=1S/C140H92N6O2/c1-137(2)111-51-22-17-43-96(111)97-72-67-93(81-119(97)137)142(88-37-11-6-12-38-88)94-69-74-99-109-79-91(70-76-114(109)140(121(99)83-94)116-54-25-29-60-126(116)145-123-57-26-19-44-100(123)104-48-31-56-118(140)133(104)145)141(87-35-9-5-10-36-87)92-68-73-98-108-77-85(66-75-112(108)138(3,4)120(98)82-92)86-65-71-103-106-50-32-62-128(135(106)148-131(103)78-86)143(89-39-13-7-14-40-89)95-80-110-101-45-20-27-58-124(101)146-125-59-28-24-53-115(125)139(122(84-95)134(110)146)113-52-23-18-47-107(113)132-117(139)55-34-61-127(132)144(90-41-15-8-16-42-90)129-63-33-49-105-102-46-21-30-64-130(102)147-136(105)129/h5-84H,1-4H3. The van der Waals surface area contributed by atoms with Crippen molar-refractivity contribution >= 4 is 156 Å². The average Bonchev–Trinajstić information content (AvgIpc) is 1.49. The lowest BCUT2D eigenvalue weighted by Gasteiger charge is -2.40. The quantitative estimate of drug-likeness (QED) is 0.115. The Hall–Kier alpha value is -18.8. The van der Waals surface area contributed by atoms with Crippen molar-refractivity contribution < 1.29 is 8.83 Å². The summed E-state index contributed by atoms with van der Waals surface area (Å²) in [4.78, 5) is 9.88. The molecule has 694 valence electrons. The summed E-state index contributed by atoms with van der Waals surface area (Å²) in [5.41, 5.74) is 48.0. The molecular formula is C140H92N6O2. The molecule has 8 heteroatoms. The Morgan fingerprint density at radius 2 is 0.574 bits per heavy atom. The van der Waals surface area contributed by atoms with Gasteiger partial charge in [0, 0.05) is 111 Å². The number of hydrogen-bond acceptors (Lipinski definition) is 6. The number of rotatable bonds is 13. The fraction of sp³-hybridized carbons (Fsp3) is 0.0571. The normalized spacial score (nSPS) is 15.5. The molecule has 0 saturated carbocycles. The molecule has 0 N–H and O–H groups in total. The van der Waals surface area contributed by atoms with E-state index in [1.807, 2.05) is 0 Å². The van der Waals surface area contributed by atoms with E-state index >= 15 is 0 Å². The second-order valence-corrected chi connectivity index (χ2v) is 42.0. The van der Waals surface area contributed by atoms with Crippen molar-refractivity contribution in [2.45, 2.75) is 49.4 Å². The minimum Gasteiger partial charge on any atom is -0.454 e. The fourth-order valence-corrected chi connectivity index (χ4v) is 27.8. The minimum atomic E-state index is -0.841. The van der Waals surface area contributed by atoms with Crippen molar-refractivity contribution in [1.82, 2.24) is 9.13 Å². The molecule has 0 saturated heterocycles. The smallest absolute Gasteiger partial charge is 0.159 e. The highest BCUT2D eigenvalue weighted by atomic mass is 16.3. The van der Waals surface area contributed by atoms with E-state index in [0.717, 1.165) is 140 Å². The van der Waals surface area contributed by atoms with E-state index in [0.29, 0.717) is 0 Å². The summed E-state index contributed by atoms with van der Waals surface area (Å²) in [6.45, 7) is 9.59. The van der Waals surface area contributed by atoms with Gasteiger partial charge in [-0.3, -0.25) is 0 Å². The van der Waals surface area contributed by atoms with Crippen molar-refractivity contribution in [3.63, 3.8) is 0 Å². The van der Waals surface area contributed by atoms with Gasteiger partial charge in [0.25, 0.3) is 0 Å². The first kappa shape index (κ1) is 82.8. The van der Waals surface area contributed by atoms with Crippen LogP contribution in [0.4, 0.5) is 68.2 Å². The molecule has 148 heavy (non-hydrogen) atoms. The second-order valence-electron chi connectivity index (χ2n) is 42.0. The summed E-state index contributed by atoms with van der Waals surface area (Å²) in [5, 5.41) is 9.08. The number of anilines is 12. The van der Waals surface area contributed by atoms with Crippen LogP contribution in [0.25, 0.3) is 154 Å². The van der Waals surface area contributed by atoms with Crippen LogP contribution in [0.3, 0.4) is 0 Å². The average molecular weight is 1890 g/mol. The van der Waals surface area contributed by atoms with Crippen LogP contribution in [0.2, 0.25) is 0 Å². The number of benzene rings is 22. The minimum absolute atomic E-state index is 0.198. The summed E-state index contributed by atoms with van der Waals surface area (Å²) in [6.07, 6.45) is 0. The van der Waals surface area contributed by atoms with Crippen LogP contribution in [-0.4, -0.2) is 9.13 Å². The molecule has 2 unspecified atom stereocenters. The molecular weight excluding hydrogens is 1800 g/mol. The first-order chi connectivity index (χ1) is 72.9. The highest BCUT2D eigenvalue weighted by Gasteiger charge is 2.55. The van der Waals surface area contributed by atoms with Crippen molar-refractivity contribution in [2.75, 3.05) is 19.6 Å². The van der Waals surface area contributed by atoms with Crippen LogP contribution < -0.4 is 19.6 Å². The van der Waals surface area contributed by atoms with E-state index < -0.39 is 10.8 Å². The first-order valence-electron chi connectivity index (χ1n) is 51.6. The zero-order valence-corrected chi connectivity index (χ0v) is 81.7. The lowest BCUT2D eigenvalue weighted by Crippen LogP contribution is -2.33. The molecule has 0 amide bonds. The molecule has 4 aromatic heterocycles. The highest BCUT2D eigenvalue weighted by Crippen LogP contribution is 2.68. The highest BCUT2D eigenvalue weighted by molar-refractivity contribution is 6.19. The third kappa shape index (κ3) is 11.1. The van der Waals surface area contributed by atoms with E-state index in [-0.39, 0.29) is 10.8 Å². The van der Waals surface area contributed by atoms with Gasteiger partial charge in [-0.1, -0.05) is 337 Å². The van der Waals surface area contributed by atoms with Gasteiger partial charge in [0.2, 0.25) is 0 Å². The molecule has 8 nitrogen and oxygen atoms in total. The van der Waals surface area contributed by atoms with Crippen LogP contribution in [0.5, 0.6) is 0 Å². The van der Waals surface area contributed by atoms with E-state index in [4.69, 9.17) is 8.83 Å². The van der Waals surface area contributed by atoms with Gasteiger partial charge in [-0.15, -0.1) is 0 Å². The number of aromatic nitrogens is 2. The Labute approximate surface area is 855 Å². The number of fused-ring (bicyclic) bond motifs is 36. The Morgan fingerprint density at radius 3 is 1.22 bits per heavy atom. The van der Waals surface area contributed by atoms with Crippen molar-refractivity contribution in [3.05, 3.63) is 552 Å². The summed E-state index contributed by atoms with van der Waals surface area (Å²) in [6, 6.07) is 182. The molecule has 0 bridgehead atoms. The SMILES string of the molecule is CC1(C)c2ccccc2-c2ccc(N(c3ccccc3)c3ccc4c(c3)C3(c5ccc(N(c6ccccc6)c6ccc7c(c6)C(C)(C)c6ccc(-c8ccc9c(c8)oc8c(N(c%10ccccc%10)c%10cc%11c%12c(c%10)c%10ccccc%10n%12-c%10ccccc%10C%11%10c%11ccccc%11-c%11c(N(c%12ccccc%12)c%12cccc%13c%12oc%12ccccc%12%13)cccc%11%10)cccc89)cc6-7)cc5-4)c4ccccc4-n4c5ccccc5c5cccc3c54)cc21. The topological polar surface area (TPSA) is 49.1 Å². The lowest BCUT2D eigenvalue weighted by molar-refractivity contribution is 0.660. The van der Waals surface area contributed by atoms with Crippen molar-refractivity contribution in [1.29, 1.82) is 0 Å². The lowest BCUT2D eigenvalue weighted by atomic mass is 9.65. The molecule has 2 atom stereocenters. The zero-order chi connectivity index (χ0) is 97.5. The number of nitrogens with zero attached hydrogens (tertiary/aromatic N) is 6. The molecule has 6 aliphatic rings. The van der Waals surface area contributed by atoms with Gasteiger partial charge in [0.1, 0.15) is 11.2 Å². The molecule has 0 radical (unpaired) electrons. The molecule has 6 heterocycles. The predicted octanol–water partition coefficient (Wildman–Crippen LogP) is 37.2. The number of hydrogen-bond donors (Lipinski definition) is 0. The molecule has 0 fully saturated rings. The molecule has 26 aromatic rings. The van der Waals surface area contributed by atoms with Gasteiger partial charge >= 0.3 is 0 Å².